The lowest BCUT2D eigenvalue weighted by molar-refractivity contribution is 0.105. The first-order valence-electron chi connectivity index (χ1n) is 8.22. The molecule has 0 radical (unpaired) electrons. The fourth-order valence-corrected chi connectivity index (χ4v) is 3.88. The maximum atomic E-state index is 5.79. The predicted octanol–water partition coefficient (Wildman–Crippen LogP) is 4.57. The van der Waals surface area contributed by atoms with E-state index in [2.05, 4.69) is 28.2 Å². The van der Waals surface area contributed by atoms with Gasteiger partial charge in [-0.1, -0.05) is 19.8 Å². The molecule has 1 unspecified atom stereocenters. The molecule has 5 heteroatoms. The molecule has 1 atom stereocenters. The summed E-state index contributed by atoms with van der Waals surface area (Å²) in [6, 6.07) is 0. The number of nitrogens with zero attached hydrogens (tertiary/aromatic N) is 2. The lowest BCUT2D eigenvalue weighted by Crippen LogP contribution is -2.13. The average molecular weight is 354 g/mol. The van der Waals surface area contributed by atoms with Crippen molar-refractivity contribution in [3.05, 3.63) is 16.0 Å². The van der Waals surface area contributed by atoms with Crippen molar-refractivity contribution < 1.29 is 4.74 Å². The molecule has 0 spiro atoms. The molecule has 2 aliphatic rings. The lowest BCUT2D eigenvalue weighted by atomic mass is 10.0. The molecule has 0 bridgehead atoms. The molecule has 3 rings (SSSR count). The van der Waals surface area contributed by atoms with Crippen molar-refractivity contribution in [2.24, 2.45) is 0 Å². The van der Waals surface area contributed by atoms with Crippen molar-refractivity contribution >= 4 is 21.7 Å². The largest absolute Gasteiger partial charge is 0.370 e. The van der Waals surface area contributed by atoms with Gasteiger partial charge in [-0.05, 0) is 48.0 Å². The second-order valence-corrected chi connectivity index (χ2v) is 6.83. The highest BCUT2D eigenvalue weighted by Crippen LogP contribution is 2.40. The van der Waals surface area contributed by atoms with Crippen LogP contribution in [0.15, 0.2) is 4.47 Å². The third kappa shape index (κ3) is 3.39. The fourth-order valence-electron chi connectivity index (χ4n) is 3.24. The van der Waals surface area contributed by atoms with Gasteiger partial charge in [-0.15, -0.1) is 0 Å². The molecule has 1 aromatic heterocycles. The predicted molar refractivity (Wildman–Crippen MR) is 87.6 cm³/mol. The zero-order valence-corrected chi connectivity index (χ0v) is 14.3. The zero-order valence-electron chi connectivity index (χ0n) is 12.7. The Morgan fingerprint density at radius 3 is 2.67 bits per heavy atom. The van der Waals surface area contributed by atoms with E-state index in [1.54, 1.807) is 0 Å². The highest BCUT2D eigenvalue weighted by molar-refractivity contribution is 9.10. The Bertz CT molecular complexity index is 483. The van der Waals surface area contributed by atoms with Gasteiger partial charge >= 0.3 is 0 Å². The van der Waals surface area contributed by atoms with Gasteiger partial charge in [-0.2, -0.15) is 0 Å². The molecule has 1 aliphatic carbocycles. The first-order chi connectivity index (χ1) is 10.3. The van der Waals surface area contributed by atoms with E-state index in [0.717, 1.165) is 48.5 Å². The quantitative estimate of drug-likeness (QED) is 0.841. The molecule has 0 aromatic carbocycles. The van der Waals surface area contributed by atoms with Crippen molar-refractivity contribution in [2.75, 3.05) is 18.5 Å². The number of hydrogen-bond acceptors (Lipinski definition) is 4. The Morgan fingerprint density at radius 1 is 1.19 bits per heavy atom. The summed E-state index contributed by atoms with van der Waals surface area (Å²) < 4.78 is 6.85. The molecule has 21 heavy (non-hydrogen) atoms. The van der Waals surface area contributed by atoms with E-state index in [1.165, 1.54) is 31.4 Å². The van der Waals surface area contributed by atoms with Crippen LogP contribution < -0.4 is 5.32 Å². The molecule has 2 fully saturated rings. The van der Waals surface area contributed by atoms with Gasteiger partial charge in [0.25, 0.3) is 0 Å². The summed E-state index contributed by atoms with van der Waals surface area (Å²) in [5.74, 6) is 2.39. The second kappa shape index (κ2) is 7.05. The number of rotatable bonds is 5. The minimum absolute atomic E-state index is 0.0837. The third-order valence-corrected chi connectivity index (χ3v) is 5.18. The Kier molecular flexibility index (Phi) is 5.11. The first kappa shape index (κ1) is 15.2. The summed E-state index contributed by atoms with van der Waals surface area (Å²) in [6.45, 7) is 3.94. The van der Waals surface area contributed by atoms with E-state index in [0.29, 0.717) is 5.92 Å². The van der Waals surface area contributed by atoms with Crippen LogP contribution in [0.4, 0.5) is 5.82 Å². The molecule has 1 aliphatic heterocycles. The van der Waals surface area contributed by atoms with Crippen LogP contribution in [0.25, 0.3) is 0 Å². The zero-order chi connectivity index (χ0) is 14.7. The molecular formula is C16H24BrN3O. The van der Waals surface area contributed by atoms with Crippen LogP contribution in [0.5, 0.6) is 0 Å². The molecule has 0 amide bonds. The van der Waals surface area contributed by atoms with Gasteiger partial charge < -0.3 is 10.1 Å². The van der Waals surface area contributed by atoms with Gasteiger partial charge in [0, 0.05) is 19.1 Å². The summed E-state index contributed by atoms with van der Waals surface area (Å²) in [4.78, 5) is 9.61. The van der Waals surface area contributed by atoms with Crippen molar-refractivity contribution in [1.29, 1.82) is 0 Å². The smallest absolute Gasteiger partial charge is 0.159 e. The molecule has 1 aromatic rings. The first-order valence-corrected chi connectivity index (χ1v) is 9.01. The molecule has 4 nitrogen and oxygen atoms in total. The van der Waals surface area contributed by atoms with E-state index in [1.807, 2.05) is 0 Å². The van der Waals surface area contributed by atoms with Crippen LogP contribution in [-0.4, -0.2) is 23.1 Å². The fraction of sp³-hybridized carbons (Fsp3) is 0.750. The third-order valence-electron chi connectivity index (χ3n) is 4.40. The molecule has 1 N–H and O–H groups in total. The number of halogens is 1. The number of ether oxygens (including phenoxy) is 1. The lowest BCUT2D eigenvalue weighted by Gasteiger charge is -2.18. The minimum Gasteiger partial charge on any atom is -0.370 e. The van der Waals surface area contributed by atoms with Gasteiger partial charge in [0.15, 0.2) is 5.82 Å². The second-order valence-electron chi connectivity index (χ2n) is 6.04. The topological polar surface area (TPSA) is 47.0 Å². The Hall–Kier alpha value is -0.680. The number of nitrogens with one attached hydrogen (secondary N) is 1. The Balaban J connectivity index is 1.93. The van der Waals surface area contributed by atoms with Crippen LogP contribution >= 0.6 is 15.9 Å². The van der Waals surface area contributed by atoms with E-state index >= 15 is 0 Å². The van der Waals surface area contributed by atoms with Crippen LogP contribution in [0.1, 0.15) is 75.4 Å². The van der Waals surface area contributed by atoms with Crippen LogP contribution in [0.3, 0.4) is 0 Å². The summed E-state index contributed by atoms with van der Waals surface area (Å²) in [5.41, 5.74) is 1.19. The highest BCUT2D eigenvalue weighted by Gasteiger charge is 2.27. The summed E-state index contributed by atoms with van der Waals surface area (Å²) >= 11 is 3.74. The van der Waals surface area contributed by atoms with E-state index in [-0.39, 0.29) is 6.10 Å². The standard InChI is InChI=1S/C16H24BrN3O/c1-2-9-18-16-13(17)14(11-6-3-4-7-11)19-15(20-16)12-8-5-10-21-12/h11-12H,2-10H2,1H3,(H,18,19,20). The van der Waals surface area contributed by atoms with Crippen LogP contribution in [0.2, 0.25) is 0 Å². The SMILES string of the molecule is CCCNc1nc(C2CCCO2)nc(C2CCCC2)c1Br. The van der Waals surface area contributed by atoms with Crippen molar-refractivity contribution in [3.8, 4) is 0 Å². The van der Waals surface area contributed by atoms with E-state index < -0.39 is 0 Å². The Morgan fingerprint density at radius 2 is 2.00 bits per heavy atom. The monoisotopic (exact) mass is 353 g/mol. The Labute approximate surface area is 135 Å². The molecular weight excluding hydrogens is 330 g/mol. The minimum atomic E-state index is 0.0837. The molecule has 1 saturated heterocycles. The summed E-state index contributed by atoms with van der Waals surface area (Å²) in [6.07, 6.45) is 8.44. The normalized spacial score (nSPS) is 22.9. The number of anilines is 1. The number of hydrogen-bond donors (Lipinski definition) is 1. The van der Waals surface area contributed by atoms with Crippen molar-refractivity contribution in [1.82, 2.24) is 9.97 Å². The van der Waals surface area contributed by atoms with Crippen molar-refractivity contribution in [3.63, 3.8) is 0 Å². The van der Waals surface area contributed by atoms with Gasteiger partial charge in [0.2, 0.25) is 0 Å². The molecule has 116 valence electrons. The van der Waals surface area contributed by atoms with Gasteiger partial charge in [0.1, 0.15) is 11.9 Å². The van der Waals surface area contributed by atoms with Crippen LogP contribution in [0, 0.1) is 0 Å². The van der Waals surface area contributed by atoms with Gasteiger partial charge in [-0.3, -0.25) is 0 Å². The maximum absolute atomic E-state index is 5.79. The summed E-state index contributed by atoms with van der Waals surface area (Å²) in [5, 5.41) is 3.44. The summed E-state index contributed by atoms with van der Waals surface area (Å²) in [7, 11) is 0. The van der Waals surface area contributed by atoms with Gasteiger partial charge in [-0.25, -0.2) is 9.97 Å². The van der Waals surface area contributed by atoms with Gasteiger partial charge in [0.05, 0.1) is 10.2 Å². The highest BCUT2D eigenvalue weighted by atomic mass is 79.9. The van der Waals surface area contributed by atoms with Crippen LogP contribution in [-0.2, 0) is 4.74 Å². The van der Waals surface area contributed by atoms with E-state index in [9.17, 15) is 0 Å². The maximum Gasteiger partial charge on any atom is 0.159 e. The number of aromatic nitrogens is 2. The average Bonchev–Trinajstić information content (AvgIpc) is 3.19. The molecule has 2 heterocycles. The van der Waals surface area contributed by atoms with Crippen molar-refractivity contribution in [2.45, 2.75) is 63.9 Å². The molecule has 1 saturated carbocycles. The van der Waals surface area contributed by atoms with E-state index in [4.69, 9.17) is 14.7 Å².